The van der Waals surface area contributed by atoms with Crippen LogP contribution in [0.3, 0.4) is 0 Å². The highest BCUT2D eigenvalue weighted by molar-refractivity contribution is 6.39. The second-order valence-corrected chi connectivity index (χ2v) is 9.45. The number of urea groups is 1. The van der Waals surface area contributed by atoms with Crippen molar-refractivity contribution in [2.24, 2.45) is 0 Å². The van der Waals surface area contributed by atoms with Crippen molar-refractivity contribution in [1.29, 1.82) is 0 Å². The Morgan fingerprint density at radius 2 is 1.72 bits per heavy atom. The molecule has 0 saturated carbocycles. The Hall–Kier alpha value is -4.07. The SMILES string of the molecule is CCN1c2cc(C)c(/C=C3/C(=O)NC(=O)N(c4ccc(OC)cc4OC)C3=O)cc2C(C)=CC1(C)C. The molecule has 8 nitrogen and oxygen atoms in total. The van der Waals surface area contributed by atoms with Crippen LogP contribution in [-0.4, -0.2) is 44.1 Å². The molecular formula is C28H31N3O5. The molecule has 0 radical (unpaired) electrons. The van der Waals surface area contributed by atoms with E-state index in [4.69, 9.17) is 9.47 Å². The highest BCUT2D eigenvalue weighted by Crippen LogP contribution is 2.41. The van der Waals surface area contributed by atoms with Crippen LogP contribution in [-0.2, 0) is 9.59 Å². The van der Waals surface area contributed by atoms with E-state index >= 15 is 0 Å². The molecule has 1 fully saturated rings. The number of carbonyl (C=O) groups is 3. The minimum absolute atomic E-state index is 0.129. The first-order valence-electron chi connectivity index (χ1n) is 11.8. The molecule has 0 spiro atoms. The van der Waals surface area contributed by atoms with Crippen molar-refractivity contribution in [3.63, 3.8) is 0 Å². The summed E-state index contributed by atoms with van der Waals surface area (Å²) in [4.78, 5) is 42.2. The number of aryl methyl sites for hydroxylation is 1. The second kappa shape index (κ2) is 9.18. The van der Waals surface area contributed by atoms with E-state index in [9.17, 15) is 14.4 Å². The summed E-state index contributed by atoms with van der Waals surface area (Å²) in [6.07, 6.45) is 3.77. The van der Waals surface area contributed by atoms with E-state index in [1.807, 2.05) is 13.0 Å². The first kappa shape index (κ1) is 25.0. The Bertz CT molecular complexity index is 1340. The standard InChI is InChI=1S/C28H31N3O5/c1-8-30-23-11-16(2)18(12-20(23)17(3)15-28(30,4)5)13-21-25(32)29-27(34)31(26(21)33)22-10-9-19(35-6)14-24(22)36-7/h9-15H,8H2,1-7H3,(H,29,32,34)/b21-13-. The van der Waals surface area contributed by atoms with Crippen LogP contribution >= 0.6 is 0 Å². The van der Waals surface area contributed by atoms with Gasteiger partial charge in [0.1, 0.15) is 17.1 Å². The summed E-state index contributed by atoms with van der Waals surface area (Å²) in [7, 11) is 2.94. The average Bonchev–Trinajstić information content (AvgIpc) is 2.82. The molecule has 4 rings (SSSR count). The number of methoxy groups -OCH3 is 2. The fraction of sp³-hybridized carbons (Fsp3) is 0.321. The maximum Gasteiger partial charge on any atom is 0.336 e. The fourth-order valence-electron chi connectivity index (χ4n) is 4.98. The molecule has 2 aliphatic heterocycles. The summed E-state index contributed by atoms with van der Waals surface area (Å²) in [5.74, 6) is -0.702. The molecule has 0 unspecified atom stereocenters. The highest BCUT2D eigenvalue weighted by Gasteiger charge is 2.38. The molecular weight excluding hydrogens is 458 g/mol. The molecule has 2 aromatic carbocycles. The summed E-state index contributed by atoms with van der Waals surface area (Å²) in [6.45, 7) is 11.3. The Labute approximate surface area is 211 Å². The van der Waals surface area contributed by atoms with Crippen molar-refractivity contribution in [2.45, 2.75) is 40.2 Å². The number of hydrogen-bond donors (Lipinski definition) is 1. The lowest BCUT2D eigenvalue weighted by atomic mass is 9.86. The number of hydrogen-bond acceptors (Lipinski definition) is 6. The van der Waals surface area contributed by atoms with Crippen LogP contribution in [0.5, 0.6) is 11.5 Å². The molecule has 1 saturated heterocycles. The van der Waals surface area contributed by atoms with Gasteiger partial charge in [-0.3, -0.25) is 14.9 Å². The van der Waals surface area contributed by atoms with Gasteiger partial charge in [0, 0.05) is 23.9 Å². The third-order valence-electron chi connectivity index (χ3n) is 6.71. The summed E-state index contributed by atoms with van der Waals surface area (Å²) < 4.78 is 10.6. The zero-order valence-corrected chi connectivity index (χ0v) is 21.7. The molecule has 4 amide bonds. The summed E-state index contributed by atoms with van der Waals surface area (Å²) >= 11 is 0. The van der Waals surface area contributed by atoms with Gasteiger partial charge < -0.3 is 14.4 Å². The normalized spacial score (nSPS) is 18.1. The number of fused-ring (bicyclic) bond motifs is 1. The molecule has 8 heteroatoms. The predicted molar refractivity (Wildman–Crippen MR) is 140 cm³/mol. The molecule has 2 aliphatic rings. The maximum absolute atomic E-state index is 13.5. The highest BCUT2D eigenvalue weighted by atomic mass is 16.5. The Balaban J connectivity index is 1.80. The van der Waals surface area contributed by atoms with Crippen molar-refractivity contribution < 1.29 is 23.9 Å². The van der Waals surface area contributed by atoms with E-state index in [0.717, 1.165) is 39.4 Å². The third-order valence-corrected chi connectivity index (χ3v) is 6.71. The van der Waals surface area contributed by atoms with Crippen molar-refractivity contribution >= 4 is 40.9 Å². The monoisotopic (exact) mass is 489 g/mol. The smallest absolute Gasteiger partial charge is 0.336 e. The number of ether oxygens (including phenoxy) is 2. The number of amides is 4. The number of nitrogens with one attached hydrogen (secondary N) is 1. The maximum atomic E-state index is 13.5. The topological polar surface area (TPSA) is 88.2 Å². The Morgan fingerprint density at radius 3 is 2.36 bits per heavy atom. The van der Waals surface area contributed by atoms with E-state index in [1.54, 1.807) is 24.3 Å². The van der Waals surface area contributed by atoms with Crippen molar-refractivity contribution in [1.82, 2.24) is 5.32 Å². The van der Waals surface area contributed by atoms with Gasteiger partial charge >= 0.3 is 6.03 Å². The lowest BCUT2D eigenvalue weighted by molar-refractivity contribution is -0.122. The fourth-order valence-corrected chi connectivity index (χ4v) is 4.98. The number of benzene rings is 2. The predicted octanol–water partition coefficient (Wildman–Crippen LogP) is 4.70. The molecule has 0 bridgehead atoms. The lowest BCUT2D eigenvalue weighted by Crippen LogP contribution is -2.54. The van der Waals surface area contributed by atoms with Crippen LogP contribution in [0.1, 0.15) is 44.4 Å². The molecule has 1 N–H and O–H groups in total. The van der Waals surface area contributed by atoms with Crippen LogP contribution in [0.4, 0.5) is 16.2 Å². The molecule has 0 aromatic heterocycles. The molecule has 188 valence electrons. The van der Waals surface area contributed by atoms with E-state index < -0.39 is 17.8 Å². The first-order chi connectivity index (χ1) is 17.0. The lowest BCUT2D eigenvalue weighted by Gasteiger charge is -2.43. The third kappa shape index (κ3) is 4.12. The van der Waals surface area contributed by atoms with Crippen LogP contribution in [0.15, 0.2) is 42.0 Å². The van der Waals surface area contributed by atoms with Gasteiger partial charge in [0.05, 0.1) is 25.4 Å². The summed E-state index contributed by atoms with van der Waals surface area (Å²) in [5, 5.41) is 2.28. The van der Waals surface area contributed by atoms with E-state index in [2.05, 4.69) is 50.1 Å². The summed E-state index contributed by atoms with van der Waals surface area (Å²) in [6, 6.07) is 7.97. The number of anilines is 2. The zero-order valence-electron chi connectivity index (χ0n) is 21.7. The molecule has 2 heterocycles. The largest absolute Gasteiger partial charge is 0.497 e. The van der Waals surface area contributed by atoms with Crippen molar-refractivity contribution in [2.75, 3.05) is 30.6 Å². The minimum Gasteiger partial charge on any atom is -0.497 e. The van der Waals surface area contributed by atoms with Crippen molar-refractivity contribution in [3.05, 3.63) is 58.7 Å². The number of barbiturate groups is 1. The first-order valence-corrected chi connectivity index (χ1v) is 11.8. The van der Waals surface area contributed by atoms with Gasteiger partial charge in [-0.25, -0.2) is 9.69 Å². The molecule has 0 aliphatic carbocycles. The molecule has 2 aromatic rings. The Morgan fingerprint density at radius 1 is 1.00 bits per heavy atom. The number of imide groups is 2. The number of rotatable bonds is 5. The van der Waals surface area contributed by atoms with Crippen LogP contribution in [0, 0.1) is 6.92 Å². The van der Waals surface area contributed by atoms with Gasteiger partial charge in [0.25, 0.3) is 11.8 Å². The number of carbonyl (C=O) groups excluding carboxylic acids is 3. The van der Waals surface area contributed by atoms with E-state index in [1.165, 1.54) is 14.2 Å². The van der Waals surface area contributed by atoms with Gasteiger partial charge in [0.2, 0.25) is 0 Å². The quantitative estimate of drug-likeness (QED) is 0.484. The molecule has 0 atom stereocenters. The van der Waals surface area contributed by atoms with E-state index in [-0.39, 0.29) is 22.5 Å². The minimum atomic E-state index is -0.840. The number of allylic oxidation sites excluding steroid dienone is 1. The summed E-state index contributed by atoms with van der Waals surface area (Å²) in [5.41, 5.74) is 4.86. The van der Waals surface area contributed by atoms with Gasteiger partial charge in [-0.05, 0) is 81.7 Å². The van der Waals surface area contributed by atoms with Gasteiger partial charge in [-0.1, -0.05) is 6.08 Å². The Kier molecular flexibility index (Phi) is 6.39. The van der Waals surface area contributed by atoms with Crippen LogP contribution in [0.25, 0.3) is 11.6 Å². The van der Waals surface area contributed by atoms with Crippen LogP contribution in [0.2, 0.25) is 0 Å². The number of nitrogens with zero attached hydrogens (tertiary/aromatic N) is 2. The van der Waals surface area contributed by atoms with E-state index in [0.29, 0.717) is 5.75 Å². The van der Waals surface area contributed by atoms with Gasteiger partial charge in [-0.2, -0.15) is 0 Å². The second-order valence-electron chi connectivity index (χ2n) is 9.45. The average molecular weight is 490 g/mol. The van der Waals surface area contributed by atoms with Crippen molar-refractivity contribution in [3.8, 4) is 11.5 Å². The van der Waals surface area contributed by atoms with Crippen LogP contribution < -0.4 is 24.6 Å². The van der Waals surface area contributed by atoms with Gasteiger partial charge in [-0.15, -0.1) is 0 Å². The zero-order chi connectivity index (χ0) is 26.4. The number of likely N-dealkylation sites (N-methyl/N-ethyl adjacent to an activating group) is 1. The molecule has 36 heavy (non-hydrogen) atoms. The van der Waals surface area contributed by atoms with Gasteiger partial charge in [0.15, 0.2) is 0 Å².